The van der Waals surface area contributed by atoms with E-state index in [9.17, 15) is 0 Å². The molecular weight excluding hydrogens is 262 g/mol. The van der Waals surface area contributed by atoms with Gasteiger partial charge in [0, 0.05) is 19.3 Å². The van der Waals surface area contributed by atoms with Gasteiger partial charge < -0.3 is 10.1 Å². The highest BCUT2D eigenvalue weighted by Crippen LogP contribution is 2.40. The summed E-state index contributed by atoms with van der Waals surface area (Å²) in [6.07, 6.45) is 7.48. The van der Waals surface area contributed by atoms with Crippen LogP contribution < -0.4 is 10.1 Å². The standard InChI is InChI=1S/C17H23N3O/c1-20-12-13(11-19-20)7-8-18-15-9-14(10-15)16-5-3-4-6-17(16)21-2/h3-6,11-12,14-15,18H,7-10H2,1-2H3. The van der Waals surface area contributed by atoms with Crippen LogP contribution in [0.2, 0.25) is 0 Å². The number of nitrogens with zero attached hydrogens (tertiary/aromatic N) is 2. The molecule has 0 unspecified atom stereocenters. The number of hydrogen-bond acceptors (Lipinski definition) is 3. The molecule has 3 rings (SSSR count). The zero-order valence-corrected chi connectivity index (χ0v) is 12.7. The van der Waals surface area contributed by atoms with Gasteiger partial charge in [-0.2, -0.15) is 5.10 Å². The van der Waals surface area contributed by atoms with Gasteiger partial charge in [-0.3, -0.25) is 4.68 Å². The Bertz CT molecular complexity index is 587. The summed E-state index contributed by atoms with van der Waals surface area (Å²) in [7, 11) is 3.71. The highest BCUT2D eigenvalue weighted by atomic mass is 16.5. The van der Waals surface area contributed by atoms with Crippen molar-refractivity contribution in [3.05, 3.63) is 47.8 Å². The quantitative estimate of drug-likeness (QED) is 0.886. The Morgan fingerprint density at radius 2 is 2.14 bits per heavy atom. The smallest absolute Gasteiger partial charge is 0.122 e. The van der Waals surface area contributed by atoms with Crippen LogP contribution in [-0.2, 0) is 13.5 Å². The lowest BCUT2D eigenvalue weighted by Gasteiger charge is -2.37. The summed E-state index contributed by atoms with van der Waals surface area (Å²) in [5, 5.41) is 7.83. The number of aromatic nitrogens is 2. The molecule has 0 spiro atoms. The van der Waals surface area contributed by atoms with Crippen LogP contribution in [-0.4, -0.2) is 29.5 Å². The van der Waals surface area contributed by atoms with E-state index in [1.165, 1.54) is 24.0 Å². The number of aryl methyl sites for hydroxylation is 1. The molecule has 0 bridgehead atoms. The fourth-order valence-electron chi connectivity index (χ4n) is 3.06. The van der Waals surface area contributed by atoms with E-state index < -0.39 is 0 Å². The SMILES string of the molecule is COc1ccccc1C1CC(NCCc2cnn(C)c2)C1. The van der Waals surface area contributed by atoms with Crippen LogP contribution in [0.15, 0.2) is 36.7 Å². The van der Waals surface area contributed by atoms with Gasteiger partial charge in [0.25, 0.3) is 0 Å². The first-order valence-electron chi connectivity index (χ1n) is 7.60. The molecule has 1 N–H and O–H groups in total. The Balaban J connectivity index is 1.43. The molecule has 21 heavy (non-hydrogen) atoms. The third-order valence-corrected chi connectivity index (χ3v) is 4.32. The van der Waals surface area contributed by atoms with E-state index in [1.54, 1.807) is 7.11 Å². The molecule has 1 aromatic carbocycles. The number of ether oxygens (including phenoxy) is 1. The number of methoxy groups -OCH3 is 1. The Hall–Kier alpha value is -1.81. The van der Waals surface area contributed by atoms with E-state index in [4.69, 9.17) is 4.74 Å². The third-order valence-electron chi connectivity index (χ3n) is 4.32. The normalized spacial score (nSPS) is 21.0. The lowest BCUT2D eigenvalue weighted by molar-refractivity contribution is 0.285. The molecule has 1 heterocycles. The molecule has 1 aliphatic carbocycles. The Labute approximate surface area is 126 Å². The van der Waals surface area contributed by atoms with E-state index in [0.29, 0.717) is 12.0 Å². The largest absolute Gasteiger partial charge is 0.496 e. The number of hydrogen-bond donors (Lipinski definition) is 1. The second-order valence-corrected chi connectivity index (χ2v) is 5.83. The molecule has 1 aliphatic rings. The van der Waals surface area contributed by atoms with Gasteiger partial charge in [-0.25, -0.2) is 0 Å². The first-order chi connectivity index (χ1) is 10.3. The first-order valence-corrected chi connectivity index (χ1v) is 7.60. The van der Waals surface area contributed by atoms with Crippen molar-refractivity contribution in [2.24, 2.45) is 7.05 Å². The predicted molar refractivity (Wildman–Crippen MR) is 83.7 cm³/mol. The Morgan fingerprint density at radius 1 is 1.33 bits per heavy atom. The molecule has 1 fully saturated rings. The number of rotatable bonds is 6. The fraction of sp³-hybridized carbons (Fsp3) is 0.471. The maximum Gasteiger partial charge on any atom is 0.122 e. The van der Waals surface area contributed by atoms with Crippen molar-refractivity contribution < 1.29 is 4.74 Å². The van der Waals surface area contributed by atoms with Gasteiger partial charge in [0.1, 0.15) is 5.75 Å². The topological polar surface area (TPSA) is 39.1 Å². The van der Waals surface area contributed by atoms with Crippen LogP contribution in [0.5, 0.6) is 5.75 Å². The molecule has 1 aromatic heterocycles. The van der Waals surface area contributed by atoms with Gasteiger partial charge in [0.15, 0.2) is 0 Å². The lowest BCUT2D eigenvalue weighted by Crippen LogP contribution is -2.41. The van der Waals surface area contributed by atoms with Gasteiger partial charge in [-0.1, -0.05) is 18.2 Å². The highest BCUT2D eigenvalue weighted by Gasteiger charge is 2.31. The molecule has 0 atom stereocenters. The zero-order valence-electron chi connectivity index (χ0n) is 12.7. The monoisotopic (exact) mass is 285 g/mol. The fourth-order valence-corrected chi connectivity index (χ4v) is 3.06. The van der Waals surface area contributed by atoms with Crippen LogP contribution in [0.3, 0.4) is 0 Å². The van der Waals surface area contributed by atoms with Crippen LogP contribution >= 0.6 is 0 Å². The van der Waals surface area contributed by atoms with E-state index >= 15 is 0 Å². The Morgan fingerprint density at radius 3 is 2.86 bits per heavy atom. The van der Waals surface area contributed by atoms with Crippen molar-refractivity contribution >= 4 is 0 Å². The average Bonchev–Trinajstić information content (AvgIpc) is 2.87. The van der Waals surface area contributed by atoms with E-state index in [0.717, 1.165) is 18.7 Å². The molecule has 0 radical (unpaired) electrons. The predicted octanol–water partition coefficient (Wildman–Crippen LogP) is 2.51. The summed E-state index contributed by atoms with van der Waals surface area (Å²) in [6.45, 7) is 1.02. The summed E-state index contributed by atoms with van der Waals surface area (Å²) in [5.41, 5.74) is 2.65. The summed E-state index contributed by atoms with van der Waals surface area (Å²) >= 11 is 0. The second kappa shape index (κ2) is 6.31. The minimum Gasteiger partial charge on any atom is -0.496 e. The second-order valence-electron chi connectivity index (χ2n) is 5.83. The molecule has 4 heteroatoms. The van der Waals surface area contributed by atoms with E-state index in [1.807, 2.05) is 24.0 Å². The summed E-state index contributed by atoms with van der Waals surface area (Å²) < 4.78 is 7.31. The highest BCUT2D eigenvalue weighted by molar-refractivity contribution is 5.37. The van der Waals surface area contributed by atoms with Crippen LogP contribution in [0.25, 0.3) is 0 Å². The Kier molecular flexibility index (Phi) is 4.25. The molecule has 4 nitrogen and oxygen atoms in total. The zero-order chi connectivity index (χ0) is 14.7. The average molecular weight is 285 g/mol. The summed E-state index contributed by atoms with van der Waals surface area (Å²) in [6, 6.07) is 9.01. The molecule has 1 saturated carbocycles. The first kappa shape index (κ1) is 14.1. The number of benzene rings is 1. The number of nitrogens with one attached hydrogen (secondary N) is 1. The summed E-state index contributed by atoms with van der Waals surface area (Å²) in [4.78, 5) is 0. The van der Waals surface area contributed by atoms with Gasteiger partial charge in [-0.05, 0) is 48.9 Å². The van der Waals surface area contributed by atoms with Gasteiger partial charge in [0.05, 0.1) is 13.3 Å². The van der Waals surface area contributed by atoms with Gasteiger partial charge in [0.2, 0.25) is 0 Å². The number of para-hydroxylation sites is 1. The lowest BCUT2D eigenvalue weighted by atomic mass is 9.75. The van der Waals surface area contributed by atoms with E-state index in [2.05, 4.69) is 34.8 Å². The van der Waals surface area contributed by atoms with Crippen molar-refractivity contribution in [1.82, 2.24) is 15.1 Å². The maximum absolute atomic E-state index is 5.45. The van der Waals surface area contributed by atoms with Crippen molar-refractivity contribution in [2.75, 3.05) is 13.7 Å². The maximum atomic E-state index is 5.45. The van der Waals surface area contributed by atoms with Crippen LogP contribution in [0, 0.1) is 0 Å². The molecule has 112 valence electrons. The van der Waals surface area contributed by atoms with Crippen molar-refractivity contribution in [1.29, 1.82) is 0 Å². The van der Waals surface area contributed by atoms with Crippen LogP contribution in [0.1, 0.15) is 29.9 Å². The van der Waals surface area contributed by atoms with Crippen molar-refractivity contribution in [2.45, 2.75) is 31.2 Å². The van der Waals surface area contributed by atoms with Gasteiger partial charge in [-0.15, -0.1) is 0 Å². The summed E-state index contributed by atoms with van der Waals surface area (Å²) in [5.74, 6) is 1.66. The molecule has 0 saturated heterocycles. The minimum absolute atomic E-state index is 0.636. The van der Waals surface area contributed by atoms with Crippen molar-refractivity contribution in [3.63, 3.8) is 0 Å². The molecule has 2 aromatic rings. The molecule has 0 amide bonds. The minimum atomic E-state index is 0.636. The van der Waals surface area contributed by atoms with E-state index in [-0.39, 0.29) is 0 Å². The van der Waals surface area contributed by atoms with Gasteiger partial charge >= 0.3 is 0 Å². The van der Waals surface area contributed by atoms with Crippen molar-refractivity contribution in [3.8, 4) is 5.75 Å². The van der Waals surface area contributed by atoms with Crippen LogP contribution in [0.4, 0.5) is 0 Å². The molecule has 0 aliphatic heterocycles. The molecular formula is C17H23N3O. The third kappa shape index (κ3) is 3.27.